The van der Waals surface area contributed by atoms with Crippen molar-refractivity contribution in [2.24, 2.45) is 0 Å². The summed E-state index contributed by atoms with van der Waals surface area (Å²) in [6, 6.07) is 0. The maximum Gasteiger partial charge on any atom is 0.249 e. The van der Waals surface area contributed by atoms with E-state index in [9.17, 15) is 4.79 Å². The van der Waals surface area contributed by atoms with E-state index in [4.69, 9.17) is 4.74 Å². The molecule has 0 bridgehead atoms. The van der Waals surface area contributed by atoms with Crippen molar-refractivity contribution in [2.45, 2.75) is 32.3 Å². The second kappa shape index (κ2) is 5.36. The van der Waals surface area contributed by atoms with E-state index in [0.717, 1.165) is 29.3 Å². The van der Waals surface area contributed by atoms with Crippen LogP contribution in [0, 0.1) is 6.92 Å². The van der Waals surface area contributed by atoms with Crippen molar-refractivity contribution in [3.05, 3.63) is 10.0 Å². The van der Waals surface area contributed by atoms with Crippen molar-refractivity contribution < 1.29 is 9.53 Å². The van der Waals surface area contributed by atoms with Crippen LogP contribution >= 0.6 is 11.3 Å². The van der Waals surface area contributed by atoms with E-state index < -0.39 is 0 Å². The first kappa shape index (κ1) is 11.5. The Balaban J connectivity index is 1.69. The molecule has 2 rings (SSSR count). The summed E-state index contributed by atoms with van der Waals surface area (Å²) in [6.07, 6.45) is 2.32. The maximum atomic E-state index is 11.6. The highest BCUT2D eigenvalue weighted by Crippen LogP contribution is 2.12. The van der Waals surface area contributed by atoms with Crippen molar-refractivity contribution in [3.8, 4) is 0 Å². The Bertz CT molecular complexity index is 361. The molecular formula is C10H15N3O2S. The topological polar surface area (TPSA) is 64.1 Å². The first-order valence-electron chi connectivity index (χ1n) is 5.44. The third-order valence-electron chi connectivity index (χ3n) is 2.43. The molecule has 1 aromatic heterocycles. The zero-order valence-electron chi connectivity index (χ0n) is 9.23. The van der Waals surface area contributed by atoms with E-state index in [1.54, 1.807) is 11.3 Å². The largest absolute Gasteiger partial charge is 0.368 e. The number of carbonyl (C=O) groups excluding carboxylic acids is 1. The van der Waals surface area contributed by atoms with Gasteiger partial charge in [-0.3, -0.25) is 4.79 Å². The SMILES string of the molecule is Cc1nnc(CCNC(=O)C2CCCO2)s1. The Morgan fingerprint density at radius 1 is 1.62 bits per heavy atom. The number of nitrogens with one attached hydrogen (secondary N) is 1. The van der Waals surface area contributed by atoms with Gasteiger partial charge in [0.15, 0.2) is 0 Å². The molecule has 1 aliphatic rings. The molecule has 1 N–H and O–H groups in total. The third kappa shape index (κ3) is 2.99. The second-order valence-electron chi connectivity index (χ2n) is 3.76. The number of amides is 1. The molecule has 88 valence electrons. The van der Waals surface area contributed by atoms with Crippen LogP contribution in [-0.4, -0.2) is 35.4 Å². The molecule has 1 amide bonds. The Labute approximate surface area is 98.2 Å². The smallest absolute Gasteiger partial charge is 0.249 e. The standard InChI is InChI=1S/C10H15N3O2S/c1-7-12-13-9(16-7)4-5-11-10(14)8-3-2-6-15-8/h8H,2-6H2,1H3,(H,11,14). The van der Waals surface area contributed by atoms with E-state index >= 15 is 0 Å². The zero-order valence-corrected chi connectivity index (χ0v) is 10.0. The average Bonchev–Trinajstić information content (AvgIpc) is 2.89. The summed E-state index contributed by atoms with van der Waals surface area (Å²) in [5.74, 6) is -0.00117. The van der Waals surface area contributed by atoms with Gasteiger partial charge in [-0.2, -0.15) is 0 Å². The summed E-state index contributed by atoms with van der Waals surface area (Å²) < 4.78 is 5.28. The number of aromatic nitrogens is 2. The molecule has 1 fully saturated rings. The molecule has 0 aromatic carbocycles. The second-order valence-corrected chi connectivity index (χ2v) is 5.02. The maximum absolute atomic E-state index is 11.6. The summed E-state index contributed by atoms with van der Waals surface area (Å²) >= 11 is 1.57. The van der Waals surface area contributed by atoms with Crippen LogP contribution in [0.4, 0.5) is 0 Å². The summed E-state index contributed by atoms with van der Waals surface area (Å²) in [5, 5.41) is 12.7. The van der Waals surface area contributed by atoms with Gasteiger partial charge in [0.2, 0.25) is 5.91 Å². The molecule has 16 heavy (non-hydrogen) atoms. The minimum absolute atomic E-state index is 0.00117. The highest BCUT2D eigenvalue weighted by molar-refractivity contribution is 7.11. The Kier molecular flexibility index (Phi) is 3.84. The fourth-order valence-electron chi connectivity index (χ4n) is 1.63. The molecule has 0 aliphatic carbocycles. The van der Waals surface area contributed by atoms with Gasteiger partial charge in [-0.15, -0.1) is 21.5 Å². The normalized spacial score (nSPS) is 19.9. The molecule has 0 saturated carbocycles. The van der Waals surface area contributed by atoms with Crippen molar-refractivity contribution in [1.82, 2.24) is 15.5 Å². The number of nitrogens with zero attached hydrogens (tertiary/aromatic N) is 2. The van der Waals surface area contributed by atoms with Gasteiger partial charge >= 0.3 is 0 Å². The third-order valence-corrected chi connectivity index (χ3v) is 3.33. The fraction of sp³-hybridized carbons (Fsp3) is 0.700. The van der Waals surface area contributed by atoms with Gasteiger partial charge in [0.25, 0.3) is 0 Å². The van der Waals surface area contributed by atoms with Crippen molar-refractivity contribution >= 4 is 17.2 Å². The van der Waals surface area contributed by atoms with E-state index in [1.165, 1.54) is 0 Å². The Morgan fingerprint density at radius 2 is 2.50 bits per heavy atom. The fourth-order valence-corrected chi connectivity index (χ4v) is 2.34. The molecule has 1 saturated heterocycles. The average molecular weight is 241 g/mol. The lowest BCUT2D eigenvalue weighted by Gasteiger charge is -2.09. The van der Waals surface area contributed by atoms with Gasteiger partial charge in [0, 0.05) is 19.6 Å². The molecule has 2 heterocycles. The summed E-state index contributed by atoms with van der Waals surface area (Å²) in [7, 11) is 0. The van der Waals surface area contributed by atoms with Crippen molar-refractivity contribution in [3.63, 3.8) is 0 Å². The molecule has 1 aromatic rings. The van der Waals surface area contributed by atoms with Gasteiger partial charge in [-0.1, -0.05) is 0 Å². The van der Waals surface area contributed by atoms with E-state index in [2.05, 4.69) is 15.5 Å². The van der Waals surface area contributed by atoms with E-state index in [0.29, 0.717) is 13.2 Å². The first-order chi connectivity index (χ1) is 7.75. The number of hydrogen-bond donors (Lipinski definition) is 1. The first-order valence-corrected chi connectivity index (χ1v) is 6.25. The number of carbonyl (C=O) groups is 1. The number of ether oxygens (including phenoxy) is 1. The molecule has 0 radical (unpaired) electrons. The quantitative estimate of drug-likeness (QED) is 0.842. The van der Waals surface area contributed by atoms with E-state index in [-0.39, 0.29) is 12.0 Å². The summed E-state index contributed by atoms with van der Waals surface area (Å²) in [5.41, 5.74) is 0. The molecular weight excluding hydrogens is 226 g/mol. The van der Waals surface area contributed by atoms with Gasteiger partial charge in [-0.25, -0.2) is 0 Å². The van der Waals surface area contributed by atoms with Crippen LogP contribution in [0.1, 0.15) is 22.9 Å². The summed E-state index contributed by atoms with van der Waals surface area (Å²) in [4.78, 5) is 11.6. The van der Waals surface area contributed by atoms with Gasteiger partial charge in [-0.05, 0) is 19.8 Å². The minimum atomic E-state index is -0.240. The molecule has 6 heteroatoms. The Hall–Kier alpha value is -1.01. The van der Waals surface area contributed by atoms with Crippen LogP contribution in [0.2, 0.25) is 0 Å². The molecule has 0 spiro atoms. The van der Waals surface area contributed by atoms with Gasteiger partial charge in [0.05, 0.1) is 0 Å². The highest BCUT2D eigenvalue weighted by Gasteiger charge is 2.22. The van der Waals surface area contributed by atoms with Crippen LogP contribution < -0.4 is 5.32 Å². The van der Waals surface area contributed by atoms with E-state index in [1.807, 2.05) is 6.92 Å². The highest BCUT2D eigenvalue weighted by atomic mass is 32.1. The van der Waals surface area contributed by atoms with Crippen LogP contribution in [0.3, 0.4) is 0 Å². The minimum Gasteiger partial charge on any atom is -0.368 e. The lowest BCUT2D eigenvalue weighted by atomic mass is 10.2. The predicted molar refractivity (Wildman–Crippen MR) is 60.3 cm³/mol. The Morgan fingerprint density at radius 3 is 3.12 bits per heavy atom. The summed E-state index contributed by atoms with van der Waals surface area (Å²) in [6.45, 7) is 3.23. The lowest BCUT2D eigenvalue weighted by molar-refractivity contribution is -0.129. The molecule has 1 aliphatic heterocycles. The molecule has 1 atom stereocenters. The molecule has 5 nitrogen and oxygen atoms in total. The van der Waals surface area contributed by atoms with Crippen LogP contribution in [-0.2, 0) is 16.0 Å². The number of aryl methyl sites for hydroxylation is 1. The number of rotatable bonds is 4. The van der Waals surface area contributed by atoms with Crippen molar-refractivity contribution in [1.29, 1.82) is 0 Å². The monoisotopic (exact) mass is 241 g/mol. The van der Waals surface area contributed by atoms with Crippen molar-refractivity contribution in [2.75, 3.05) is 13.2 Å². The van der Waals surface area contributed by atoms with Gasteiger partial charge < -0.3 is 10.1 Å². The van der Waals surface area contributed by atoms with Gasteiger partial charge in [0.1, 0.15) is 16.1 Å². The van der Waals surface area contributed by atoms with Crippen LogP contribution in [0.15, 0.2) is 0 Å². The lowest BCUT2D eigenvalue weighted by Crippen LogP contribution is -2.35. The van der Waals surface area contributed by atoms with Crippen LogP contribution in [0.5, 0.6) is 0 Å². The predicted octanol–water partition coefficient (Wildman–Crippen LogP) is 0.684. The molecule has 1 unspecified atom stereocenters. The number of hydrogen-bond acceptors (Lipinski definition) is 5. The zero-order chi connectivity index (χ0) is 11.4. The van der Waals surface area contributed by atoms with Crippen LogP contribution in [0.25, 0.3) is 0 Å².